The smallest absolute Gasteiger partial charge is 0.255 e. The summed E-state index contributed by atoms with van der Waals surface area (Å²) in [5.74, 6) is 5.20. The second-order valence-electron chi connectivity index (χ2n) is 2.01. The molecular weight excluding hydrogens is 150 g/mol. The molecule has 1 aliphatic rings. The minimum atomic E-state index is -0.486. The Balaban J connectivity index is 2.58. The van der Waals surface area contributed by atoms with Crippen molar-refractivity contribution in [2.24, 2.45) is 16.1 Å². The van der Waals surface area contributed by atoms with Crippen LogP contribution in [0.15, 0.2) is 10.3 Å². The highest BCUT2D eigenvalue weighted by atomic mass is 16.3. The van der Waals surface area contributed by atoms with Crippen molar-refractivity contribution in [2.45, 2.75) is 0 Å². The molecule has 1 aliphatic heterocycles. The molecular formula is C4H7N5O2. The van der Waals surface area contributed by atoms with Gasteiger partial charge in [0, 0.05) is 0 Å². The van der Waals surface area contributed by atoms with Gasteiger partial charge in [0.15, 0.2) is 0 Å². The van der Waals surface area contributed by atoms with Crippen LogP contribution in [0.2, 0.25) is 0 Å². The van der Waals surface area contributed by atoms with E-state index >= 15 is 0 Å². The molecule has 2 amide bonds. The number of hydrogen-bond donors (Lipinski definition) is 2. The standard InChI is InChI=1S/C4H7N5O2/c5-9-2-3(1-6-11)7-8-4(9)10/h1-2,5H2,(H,8,10). The fraction of sp³-hybridized carbons (Fsp3) is 0.500. The monoisotopic (exact) mass is 157 g/mol. The van der Waals surface area contributed by atoms with E-state index in [0.29, 0.717) is 5.71 Å². The van der Waals surface area contributed by atoms with E-state index in [1.54, 1.807) is 0 Å². The molecule has 0 radical (unpaired) electrons. The highest BCUT2D eigenvalue weighted by Crippen LogP contribution is 1.91. The SMILES string of the molecule is NN1CC(CN=O)=NNC1=O. The topological polar surface area (TPSA) is 100 Å². The first-order valence-corrected chi connectivity index (χ1v) is 2.91. The molecule has 11 heavy (non-hydrogen) atoms. The van der Waals surface area contributed by atoms with Gasteiger partial charge in [-0.05, 0) is 0 Å². The van der Waals surface area contributed by atoms with Crippen LogP contribution in [0.1, 0.15) is 0 Å². The average Bonchev–Trinajstić information content (AvgIpc) is 1.98. The molecule has 60 valence electrons. The van der Waals surface area contributed by atoms with Crippen molar-refractivity contribution in [2.75, 3.05) is 13.1 Å². The number of nitrogens with two attached hydrogens (primary N) is 1. The summed E-state index contributed by atoms with van der Waals surface area (Å²) < 4.78 is 0. The molecule has 0 saturated carbocycles. The maximum atomic E-state index is 10.6. The zero-order chi connectivity index (χ0) is 8.27. The Labute approximate surface area is 62.2 Å². The van der Waals surface area contributed by atoms with E-state index in [9.17, 15) is 9.70 Å². The van der Waals surface area contributed by atoms with Crippen molar-refractivity contribution in [3.8, 4) is 0 Å². The van der Waals surface area contributed by atoms with Gasteiger partial charge in [-0.1, -0.05) is 5.18 Å². The summed E-state index contributed by atoms with van der Waals surface area (Å²) in [6, 6.07) is -0.486. The number of carbonyl (C=O) groups excluding carboxylic acids is 1. The lowest BCUT2D eigenvalue weighted by Gasteiger charge is -2.20. The molecule has 0 aromatic carbocycles. The summed E-state index contributed by atoms with van der Waals surface area (Å²) in [7, 11) is 0. The molecule has 0 fully saturated rings. The van der Waals surface area contributed by atoms with E-state index in [1.165, 1.54) is 0 Å². The third-order valence-electron chi connectivity index (χ3n) is 1.17. The van der Waals surface area contributed by atoms with E-state index in [1.807, 2.05) is 0 Å². The van der Waals surface area contributed by atoms with Crippen molar-refractivity contribution in [1.82, 2.24) is 10.4 Å². The molecule has 0 aliphatic carbocycles. The van der Waals surface area contributed by atoms with Crippen LogP contribution >= 0.6 is 0 Å². The average molecular weight is 157 g/mol. The van der Waals surface area contributed by atoms with Crippen LogP contribution in [-0.2, 0) is 0 Å². The van der Waals surface area contributed by atoms with E-state index in [-0.39, 0.29) is 13.1 Å². The van der Waals surface area contributed by atoms with E-state index in [4.69, 9.17) is 5.84 Å². The van der Waals surface area contributed by atoms with Crippen LogP contribution in [0.5, 0.6) is 0 Å². The zero-order valence-electron chi connectivity index (χ0n) is 5.65. The quantitative estimate of drug-likeness (QED) is 0.305. The molecule has 0 unspecified atom stereocenters. The number of hydrogen-bond acceptors (Lipinski definition) is 5. The number of hydrazone groups is 1. The lowest BCUT2D eigenvalue weighted by molar-refractivity contribution is 0.203. The van der Waals surface area contributed by atoms with Crippen LogP contribution < -0.4 is 11.3 Å². The Morgan fingerprint density at radius 3 is 3.09 bits per heavy atom. The van der Waals surface area contributed by atoms with Crippen LogP contribution in [0.3, 0.4) is 0 Å². The number of amides is 2. The van der Waals surface area contributed by atoms with Gasteiger partial charge in [0.2, 0.25) is 0 Å². The van der Waals surface area contributed by atoms with Crippen LogP contribution in [0, 0.1) is 4.91 Å². The fourth-order valence-electron chi connectivity index (χ4n) is 0.655. The van der Waals surface area contributed by atoms with E-state index < -0.39 is 6.03 Å². The molecule has 1 rings (SSSR count). The van der Waals surface area contributed by atoms with Gasteiger partial charge in [-0.15, -0.1) is 0 Å². The van der Waals surface area contributed by atoms with Gasteiger partial charge in [-0.3, -0.25) is 5.01 Å². The van der Waals surface area contributed by atoms with Gasteiger partial charge in [0.05, 0.1) is 12.3 Å². The Bertz CT molecular complexity index is 213. The largest absolute Gasteiger partial charge is 0.352 e. The van der Waals surface area contributed by atoms with Crippen molar-refractivity contribution < 1.29 is 4.79 Å². The van der Waals surface area contributed by atoms with Gasteiger partial charge in [-0.2, -0.15) is 10.0 Å². The molecule has 0 aromatic heterocycles. The normalized spacial score (nSPS) is 17.4. The van der Waals surface area contributed by atoms with Gasteiger partial charge in [0.25, 0.3) is 0 Å². The Kier molecular flexibility index (Phi) is 2.12. The predicted molar refractivity (Wildman–Crippen MR) is 37.5 cm³/mol. The molecule has 0 aromatic rings. The summed E-state index contributed by atoms with van der Waals surface area (Å²) in [4.78, 5) is 20.4. The molecule has 7 heteroatoms. The highest BCUT2D eigenvalue weighted by Gasteiger charge is 2.16. The third-order valence-corrected chi connectivity index (χ3v) is 1.17. The summed E-state index contributed by atoms with van der Waals surface area (Å²) in [6.07, 6.45) is 0. The zero-order valence-corrected chi connectivity index (χ0v) is 5.65. The van der Waals surface area contributed by atoms with E-state index in [0.717, 1.165) is 5.01 Å². The predicted octanol–water partition coefficient (Wildman–Crippen LogP) is -0.992. The van der Waals surface area contributed by atoms with Crippen LogP contribution in [-0.4, -0.2) is 29.8 Å². The van der Waals surface area contributed by atoms with Crippen LogP contribution in [0.25, 0.3) is 0 Å². The molecule has 0 atom stereocenters. The summed E-state index contributed by atoms with van der Waals surface area (Å²) in [5.41, 5.74) is 2.56. The van der Waals surface area contributed by atoms with E-state index in [2.05, 4.69) is 15.7 Å². The van der Waals surface area contributed by atoms with Crippen molar-refractivity contribution >= 4 is 11.7 Å². The minimum absolute atomic E-state index is 0.0476. The maximum absolute atomic E-state index is 10.6. The number of nitrogens with one attached hydrogen (secondary N) is 1. The van der Waals surface area contributed by atoms with Gasteiger partial charge < -0.3 is 0 Å². The Hall–Kier alpha value is -1.50. The number of carbonyl (C=O) groups is 1. The Morgan fingerprint density at radius 2 is 2.55 bits per heavy atom. The number of rotatable bonds is 2. The van der Waals surface area contributed by atoms with Gasteiger partial charge >= 0.3 is 6.03 Å². The van der Waals surface area contributed by atoms with Gasteiger partial charge in [-0.25, -0.2) is 16.1 Å². The molecule has 0 saturated heterocycles. The Morgan fingerprint density at radius 1 is 1.82 bits per heavy atom. The maximum Gasteiger partial charge on any atom is 0.352 e. The molecule has 7 nitrogen and oxygen atoms in total. The summed E-state index contributed by atoms with van der Waals surface area (Å²) >= 11 is 0. The lowest BCUT2D eigenvalue weighted by atomic mass is 10.3. The van der Waals surface area contributed by atoms with Crippen LogP contribution in [0.4, 0.5) is 4.79 Å². The number of nitroso groups, excluding NO2 is 1. The number of nitrogens with zero attached hydrogens (tertiary/aromatic N) is 3. The summed E-state index contributed by atoms with van der Waals surface area (Å²) in [5, 5.41) is 7.08. The van der Waals surface area contributed by atoms with Crippen molar-refractivity contribution in [1.29, 1.82) is 0 Å². The fourth-order valence-corrected chi connectivity index (χ4v) is 0.655. The first-order valence-electron chi connectivity index (χ1n) is 2.91. The second kappa shape index (κ2) is 3.06. The summed E-state index contributed by atoms with van der Waals surface area (Å²) in [6.45, 7) is 0.103. The second-order valence-corrected chi connectivity index (χ2v) is 2.01. The first-order chi connectivity index (χ1) is 5.24. The highest BCUT2D eigenvalue weighted by molar-refractivity contribution is 5.94. The molecule has 1 heterocycles. The minimum Gasteiger partial charge on any atom is -0.255 e. The van der Waals surface area contributed by atoms with Crippen molar-refractivity contribution in [3.63, 3.8) is 0 Å². The van der Waals surface area contributed by atoms with Crippen molar-refractivity contribution in [3.05, 3.63) is 4.91 Å². The molecule has 0 bridgehead atoms. The lowest BCUT2D eigenvalue weighted by Crippen LogP contribution is -2.50. The molecule has 3 N–H and O–H groups in total. The number of urea groups is 1. The number of hydrazine groups is 1. The third kappa shape index (κ3) is 1.71. The van der Waals surface area contributed by atoms with Gasteiger partial charge in [0.1, 0.15) is 6.54 Å². The molecule has 0 spiro atoms. The first kappa shape index (κ1) is 7.61.